The monoisotopic (exact) mass is 670 g/mol. The minimum absolute atomic E-state index is 0.128. The summed E-state index contributed by atoms with van der Waals surface area (Å²) in [5.74, 6) is 4.37. The number of para-hydroxylation sites is 1. The van der Waals surface area contributed by atoms with E-state index in [0.29, 0.717) is 64.8 Å². The van der Waals surface area contributed by atoms with Crippen molar-refractivity contribution in [2.24, 2.45) is 0 Å². The Labute approximate surface area is 286 Å². The molecule has 0 aromatic heterocycles. The number of fused-ring (bicyclic) bond motifs is 1. The van der Waals surface area contributed by atoms with E-state index >= 15 is 0 Å². The first-order chi connectivity index (χ1) is 23.9. The molecule has 0 saturated carbocycles. The topological polar surface area (TPSA) is 115 Å². The maximum Gasteiger partial charge on any atom is 0.255 e. The second kappa shape index (κ2) is 16.4. The van der Waals surface area contributed by atoms with Crippen LogP contribution < -0.4 is 48.5 Å². The molecule has 0 spiro atoms. The average molecular weight is 671 g/mol. The number of methoxy groups -OCH3 is 6. The first kappa shape index (κ1) is 34.6. The molecule has 1 aliphatic heterocycles. The molecule has 2 N–H and O–H groups in total. The summed E-state index contributed by atoms with van der Waals surface area (Å²) < 4.78 is 45.5. The van der Waals surface area contributed by atoms with E-state index < -0.39 is 0 Å². The fourth-order valence-electron chi connectivity index (χ4n) is 5.45. The predicted molar refractivity (Wildman–Crippen MR) is 188 cm³/mol. The zero-order chi connectivity index (χ0) is 34.8. The summed E-state index contributed by atoms with van der Waals surface area (Å²) in [6, 6.07) is 20.6. The van der Waals surface area contributed by atoms with Gasteiger partial charge < -0.3 is 48.5 Å². The molecule has 1 unspecified atom stereocenters. The first-order valence-corrected chi connectivity index (χ1v) is 15.8. The molecule has 1 heterocycles. The molecule has 0 radical (unpaired) electrons. The second-order valence-corrected chi connectivity index (χ2v) is 11.0. The van der Waals surface area contributed by atoms with E-state index in [9.17, 15) is 4.79 Å². The van der Waals surface area contributed by atoms with Gasteiger partial charge in [0.1, 0.15) is 6.17 Å². The Bertz CT molecular complexity index is 1740. The van der Waals surface area contributed by atoms with Gasteiger partial charge in [0.15, 0.2) is 34.5 Å². The third-order valence-corrected chi connectivity index (χ3v) is 7.95. The molecule has 0 aliphatic carbocycles. The Morgan fingerprint density at radius 1 is 0.571 bits per heavy atom. The Morgan fingerprint density at radius 3 is 1.69 bits per heavy atom. The molecule has 49 heavy (non-hydrogen) atoms. The number of nitrogens with one attached hydrogen (secondary N) is 2. The molecule has 11 nitrogen and oxygen atoms in total. The standard InChI is InChI=1S/C38H42N2O9/c1-42-30-23-26(37-39-28-12-8-7-11-27(28)38(41)40-37)15-16-29(30)48-17-9-10-18-49-36-33(45-4)21-25(22-34(36)46-5)14-13-24-19-31(43-2)35(47-6)32(20-24)44-3/h7-8,11-16,19-23,37,39H,9-10,17-18H2,1-6H3,(H,40,41). The lowest BCUT2D eigenvalue weighted by molar-refractivity contribution is 0.0935. The van der Waals surface area contributed by atoms with Crippen molar-refractivity contribution in [3.05, 3.63) is 89.0 Å². The molecule has 4 aromatic rings. The molecule has 258 valence electrons. The third kappa shape index (κ3) is 8.06. The van der Waals surface area contributed by atoms with Crippen LogP contribution in [0.25, 0.3) is 12.2 Å². The van der Waals surface area contributed by atoms with E-state index in [2.05, 4.69) is 10.6 Å². The molecule has 0 fully saturated rings. The number of unbranched alkanes of at least 4 members (excludes halogenated alkanes) is 1. The first-order valence-electron chi connectivity index (χ1n) is 15.8. The van der Waals surface area contributed by atoms with Gasteiger partial charge in [-0.3, -0.25) is 4.79 Å². The normalized spacial score (nSPS) is 13.5. The number of anilines is 1. The van der Waals surface area contributed by atoms with Crippen LogP contribution in [-0.2, 0) is 0 Å². The Morgan fingerprint density at radius 2 is 1.12 bits per heavy atom. The van der Waals surface area contributed by atoms with Crippen LogP contribution in [0.3, 0.4) is 0 Å². The van der Waals surface area contributed by atoms with Crippen molar-refractivity contribution < 1.29 is 42.7 Å². The van der Waals surface area contributed by atoms with Gasteiger partial charge in [-0.2, -0.15) is 0 Å². The van der Waals surface area contributed by atoms with Crippen LogP contribution in [0.5, 0.6) is 46.0 Å². The van der Waals surface area contributed by atoms with Gasteiger partial charge in [-0.25, -0.2) is 0 Å². The number of carbonyl (C=O) groups excluding carboxylic acids is 1. The Balaban J connectivity index is 1.16. The number of rotatable bonds is 16. The highest BCUT2D eigenvalue weighted by atomic mass is 16.5. The van der Waals surface area contributed by atoms with Gasteiger partial charge in [0.05, 0.1) is 61.4 Å². The third-order valence-electron chi connectivity index (χ3n) is 7.95. The number of hydrogen-bond acceptors (Lipinski definition) is 10. The molecule has 11 heteroatoms. The van der Waals surface area contributed by atoms with E-state index in [1.807, 2.05) is 72.8 Å². The van der Waals surface area contributed by atoms with E-state index in [1.165, 1.54) is 0 Å². The quantitative estimate of drug-likeness (QED) is 0.0954. The lowest BCUT2D eigenvalue weighted by atomic mass is 10.1. The Kier molecular flexibility index (Phi) is 11.6. The molecule has 1 aliphatic rings. The average Bonchev–Trinajstić information content (AvgIpc) is 3.14. The highest BCUT2D eigenvalue weighted by Gasteiger charge is 2.25. The lowest BCUT2D eigenvalue weighted by Crippen LogP contribution is -2.38. The maximum absolute atomic E-state index is 12.6. The van der Waals surface area contributed by atoms with Gasteiger partial charge in [-0.15, -0.1) is 0 Å². The number of hydrogen-bond donors (Lipinski definition) is 2. The van der Waals surface area contributed by atoms with Crippen molar-refractivity contribution in [3.63, 3.8) is 0 Å². The molecule has 0 saturated heterocycles. The second-order valence-electron chi connectivity index (χ2n) is 11.0. The van der Waals surface area contributed by atoms with E-state index in [-0.39, 0.29) is 12.1 Å². The number of benzene rings is 4. The molecule has 4 aromatic carbocycles. The fourth-order valence-corrected chi connectivity index (χ4v) is 5.45. The predicted octanol–water partition coefficient (Wildman–Crippen LogP) is 7.00. The largest absolute Gasteiger partial charge is 0.493 e. The number of carbonyl (C=O) groups is 1. The zero-order valence-electron chi connectivity index (χ0n) is 28.6. The lowest BCUT2D eigenvalue weighted by Gasteiger charge is -2.28. The number of ether oxygens (including phenoxy) is 8. The van der Waals surface area contributed by atoms with E-state index in [0.717, 1.165) is 35.2 Å². The smallest absolute Gasteiger partial charge is 0.255 e. The van der Waals surface area contributed by atoms with Gasteiger partial charge in [-0.05, 0) is 78.1 Å². The van der Waals surface area contributed by atoms with Crippen molar-refractivity contribution in [2.75, 3.05) is 61.2 Å². The van der Waals surface area contributed by atoms with Gasteiger partial charge in [0.25, 0.3) is 5.91 Å². The van der Waals surface area contributed by atoms with Crippen LogP contribution in [0.15, 0.2) is 66.7 Å². The summed E-state index contributed by atoms with van der Waals surface area (Å²) in [6.07, 6.45) is 4.96. The minimum Gasteiger partial charge on any atom is -0.493 e. The fraction of sp³-hybridized carbons (Fsp3) is 0.289. The van der Waals surface area contributed by atoms with Crippen LogP contribution in [0.4, 0.5) is 5.69 Å². The van der Waals surface area contributed by atoms with E-state index in [1.54, 1.807) is 48.7 Å². The van der Waals surface area contributed by atoms with Crippen molar-refractivity contribution in [3.8, 4) is 46.0 Å². The van der Waals surface area contributed by atoms with E-state index in [4.69, 9.17) is 37.9 Å². The SMILES string of the molecule is COc1cc(C2NC(=O)c3ccccc3N2)ccc1OCCCCOc1c(OC)cc(C=Cc2cc(OC)c(OC)c(OC)c2)cc1OC. The molecule has 1 atom stereocenters. The highest BCUT2D eigenvalue weighted by molar-refractivity contribution is 6.01. The molecule has 0 bridgehead atoms. The minimum atomic E-state index is -0.386. The van der Waals surface area contributed by atoms with Crippen LogP contribution in [0, 0.1) is 0 Å². The summed E-state index contributed by atoms with van der Waals surface area (Å²) in [6.45, 7) is 0.894. The molecular formula is C38H42N2O9. The molecular weight excluding hydrogens is 628 g/mol. The summed E-state index contributed by atoms with van der Waals surface area (Å²) in [7, 11) is 9.52. The van der Waals surface area contributed by atoms with Gasteiger partial charge in [-0.1, -0.05) is 30.4 Å². The van der Waals surface area contributed by atoms with Gasteiger partial charge in [0.2, 0.25) is 11.5 Å². The summed E-state index contributed by atoms with van der Waals surface area (Å²) in [5.41, 5.74) is 3.98. The van der Waals surface area contributed by atoms with Gasteiger partial charge >= 0.3 is 0 Å². The zero-order valence-corrected chi connectivity index (χ0v) is 28.6. The van der Waals surface area contributed by atoms with Gasteiger partial charge in [0, 0.05) is 5.69 Å². The van der Waals surface area contributed by atoms with Crippen LogP contribution >= 0.6 is 0 Å². The highest BCUT2D eigenvalue weighted by Crippen LogP contribution is 2.41. The Hall–Kier alpha value is -5.71. The van der Waals surface area contributed by atoms with Crippen LogP contribution in [0.2, 0.25) is 0 Å². The van der Waals surface area contributed by atoms with Crippen molar-refractivity contribution >= 4 is 23.7 Å². The summed E-state index contributed by atoms with van der Waals surface area (Å²) in [5, 5.41) is 6.35. The van der Waals surface area contributed by atoms with Crippen molar-refractivity contribution in [1.82, 2.24) is 5.32 Å². The maximum atomic E-state index is 12.6. The van der Waals surface area contributed by atoms with Crippen LogP contribution in [0.1, 0.15) is 46.1 Å². The molecule has 1 amide bonds. The summed E-state index contributed by atoms with van der Waals surface area (Å²) >= 11 is 0. The van der Waals surface area contributed by atoms with Crippen molar-refractivity contribution in [2.45, 2.75) is 19.0 Å². The summed E-state index contributed by atoms with van der Waals surface area (Å²) in [4.78, 5) is 12.6. The van der Waals surface area contributed by atoms with Crippen LogP contribution in [-0.4, -0.2) is 61.8 Å². The number of amides is 1. The van der Waals surface area contributed by atoms with Crippen molar-refractivity contribution in [1.29, 1.82) is 0 Å². The molecule has 5 rings (SSSR count).